The Morgan fingerprint density at radius 3 is 1.22 bits per heavy atom. The fourth-order valence-corrected chi connectivity index (χ4v) is 4.30. The van der Waals surface area contributed by atoms with Crippen molar-refractivity contribution in [2.45, 2.75) is 11.0 Å². The summed E-state index contributed by atoms with van der Waals surface area (Å²) in [5, 5.41) is 0. The lowest BCUT2D eigenvalue weighted by Gasteiger charge is -2.12. The summed E-state index contributed by atoms with van der Waals surface area (Å²) in [7, 11) is -11.7. The summed E-state index contributed by atoms with van der Waals surface area (Å²) < 4.78 is 135. The third-order valence-electron chi connectivity index (χ3n) is 5.24. The summed E-state index contributed by atoms with van der Waals surface area (Å²) in [6, 6.07) is 22.6. The number of hydrogen-bond acceptors (Lipinski definition) is 7. The lowest BCUT2D eigenvalue weighted by molar-refractivity contribution is -0.0504. The van der Waals surface area contributed by atoms with Crippen molar-refractivity contribution >= 4 is 20.2 Å². The highest BCUT2D eigenvalue weighted by Crippen LogP contribution is 2.34. The molecule has 0 fully saturated rings. The van der Waals surface area contributed by atoms with Crippen LogP contribution >= 0.6 is 0 Å². The zero-order valence-corrected chi connectivity index (χ0v) is 21.8. The maximum Gasteiger partial charge on any atom is 0.534 e. The van der Waals surface area contributed by atoms with Crippen molar-refractivity contribution < 1.29 is 56.3 Å². The van der Waals surface area contributed by atoms with Crippen LogP contribution in [0.4, 0.5) is 26.3 Å². The van der Waals surface area contributed by atoms with Crippen LogP contribution in [-0.4, -0.2) is 27.9 Å². The number of halogens is 6. The summed E-state index contributed by atoms with van der Waals surface area (Å²) in [6.07, 6.45) is 0. The van der Waals surface area contributed by atoms with Crippen LogP contribution in [0.25, 0.3) is 22.3 Å². The average Bonchev–Trinajstić information content (AvgIpc) is 2.88. The van der Waals surface area contributed by atoms with E-state index in [1.165, 1.54) is 24.3 Å². The Kier molecular flexibility index (Phi) is 7.96. The van der Waals surface area contributed by atoms with Gasteiger partial charge in [0, 0.05) is 0 Å². The second-order valence-corrected chi connectivity index (χ2v) is 11.3. The second-order valence-electron chi connectivity index (χ2n) is 8.18. The maximum absolute atomic E-state index is 12.6. The lowest BCUT2D eigenvalue weighted by atomic mass is 10.0. The van der Waals surface area contributed by atoms with Crippen molar-refractivity contribution in [1.29, 1.82) is 0 Å². The van der Waals surface area contributed by atoms with Crippen LogP contribution in [0.2, 0.25) is 0 Å². The fraction of sp³-hybridized carbons (Fsp3) is 0.0769. The summed E-state index contributed by atoms with van der Waals surface area (Å²) in [4.78, 5) is 0. The molecule has 4 aromatic rings. The molecule has 0 atom stereocenters. The van der Waals surface area contributed by atoms with Gasteiger partial charge in [0.2, 0.25) is 0 Å². The van der Waals surface area contributed by atoms with Gasteiger partial charge >= 0.3 is 31.3 Å². The van der Waals surface area contributed by atoms with E-state index in [2.05, 4.69) is 8.37 Å². The van der Waals surface area contributed by atoms with Gasteiger partial charge < -0.3 is 13.1 Å². The molecule has 0 aliphatic carbocycles. The van der Waals surface area contributed by atoms with E-state index in [1.807, 2.05) is 0 Å². The van der Waals surface area contributed by atoms with Crippen LogP contribution in [0.5, 0.6) is 23.0 Å². The molecule has 0 radical (unpaired) electrons. The van der Waals surface area contributed by atoms with E-state index < -0.39 is 42.8 Å². The molecule has 4 aromatic carbocycles. The van der Waals surface area contributed by atoms with Crippen LogP contribution in [0.15, 0.2) is 97.1 Å². The topological polar surface area (TPSA) is 96.0 Å². The quantitative estimate of drug-likeness (QED) is 0.116. The summed E-state index contributed by atoms with van der Waals surface area (Å²) >= 11 is 0. The minimum Gasteiger partial charge on any atom is -0.457 e. The van der Waals surface area contributed by atoms with Crippen molar-refractivity contribution in [2.24, 2.45) is 0 Å². The first-order valence-electron chi connectivity index (χ1n) is 11.1. The van der Waals surface area contributed by atoms with Gasteiger partial charge in [-0.3, -0.25) is 0 Å². The molecule has 0 bridgehead atoms. The van der Waals surface area contributed by atoms with Gasteiger partial charge in [-0.05, 0) is 70.8 Å². The molecule has 216 valence electrons. The standard InChI is InChI=1S/C26H16F6O7S2/c27-25(28,29)40(33,34)38-23-8-2-4-18(15-23)17-10-12-21(13-11-17)37-22-7-1-5-19(14-22)20-6-3-9-24(16-20)39-41(35,36)26(30,31)32/h1-16H. The van der Waals surface area contributed by atoms with Gasteiger partial charge in [0.15, 0.2) is 0 Å². The molecule has 0 heterocycles. The Hall–Kier alpha value is -4.24. The van der Waals surface area contributed by atoms with Crippen molar-refractivity contribution in [3.05, 3.63) is 97.1 Å². The predicted molar refractivity (Wildman–Crippen MR) is 135 cm³/mol. The first kappa shape index (κ1) is 29.7. The van der Waals surface area contributed by atoms with Crippen molar-refractivity contribution in [3.8, 4) is 45.3 Å². The lowest BCUT2D eigenvalue weighted by Crippen LogP contribution is -2.28. The van der Waals surface area contributed by atoms with Crippen molar-refractivity contribution in [1.82, 2.24) is 0 Å². The van der Waals surface area contributed by atoms with Gasteiger partial charge in [-0.15, -0.1) is 0 Å². The number of hydrogen-bond donors (Lipinski definition) is 0. The van der Waals surface area contributed by atoms with Gasteiger partial charge in [-0.25, -0.2) is 0 Å². The zero-order valence-electron chi connectivity index (χ0n) is 20.2. The van der Waals surface area contributed by atoms with E-state index in [1.54, 1.807) is 48.5 Å². The Morgan fingerprint density at radius 1 is 0.439 bits per heavy atom. The van der Waals surface area contributed by atoms with Crippen molar-refractivity contribution in [3.63, 3.8) is 0 Å². The second kappa shape index (κ2) is 11.0. The Balaban J connectivity index is 1.50. The third-order valence-corrected chi connectivity index (χ3v) is 7.20. The molecule has 0 spiro atoms. The van der Waals surface area contributed by atoms with Crippen LogP contribution < -0.4 is 13.1 Å². The molecule has 0 aliphatic rings. The summed E-state index contributed by atoms with van der Waals surface area (Å²) in [5.74, 6) is -0.404. The molecular weight excluding hydrogens is 602 g/mol. The highest BCUT2D eigenvalue weighted by molar-refractivity contribution is 7.88. The van der Waals surface area contributed by atoms with E-state index in [0.29, 0.717) is 33.8 Å². The Morgan fingerprint density at radius 2 is 0.805 bits per heavy atom. The smallest absolute Gasteiger partial charge is 0.457 e. The number of ether oxygens (including phenoxy) is 1. The molecule has 0 saturated carbocycles. The maximum atomic E-state index is 12.6. The van der Waals surface area contributed by atoms with Gasteiger partial charge in [0.05, 0.1) is 0 Å². The molecule has 0 aromatic heterocycles. The Bertz CT molecular complexity index is 1770. The molecule has 0 amide bonds. The van der Waals surface area contributed by atoms with Gasteiger partial charge in [0.25, 0.3) is 0 Å². The van der Waals surface area contributed by atoms with Gasteiger partial charge in [-0.2, -0.15) is 43.2 Å². The van der Waals surface area contributed by atoms with Gasteiger partial charge in [0.1, 0.15) is 23.0 Å². The number of benzene rings is 4. The fourth-order valence-electron chi connectivity index (χ4n) is 3.39. The van der Waals surface area contributed by atoms with E-state index in [0.717, 1.165) is 24.3 Å². The first-order valence-corrected chi connectivity index (χ1v) is 14.0. The van der Waals surface area contributed by atoms with Crippen LogP contribution in [0.1, 0.15) is 0 Å². The highest BCUT2D eigenvalue weighted by atomic mass is 32.2. The van der Waals surface area contributed by atoms with Crippen molar-refractivity contribution in [2.75, 3.05) is 0 Å². The monoisotopic (exact) mass is 618 g/mol. The van der Waals surface area contributed by atoms with Crippen LogP contribution in [0, 0.1) is 0 Å². The number of alkyl halides is 6. The van der Waals surface area contributed by atoms with Crippen LogP contribution in [0.3, 0.4) is 0 Å². The molecule has 7 nitrogen and oxygen atoms in total. The molecular formula is C26H16F6O7S2. The molecule has 4 rings (SSSR count). The first-order chi connectivity index (χ1) is 19.0. The largest absolute Gasteiger partial charge is 0.534 e. The van der Waals surface area contributed by atoms with Crippen LogP contribution in [-0.2, 0) is 20.2 Å². The SMILES string of the molecule is O=S(=O)(Oc1cccc(-c2ccc(Oc3cccc(-c4cccc(OS(=O)(=O)C(F)(F)F)c4)c3)cc2)c1)C(F)(F)F. The van der Waals surface area contributed by atoms with E-state index in [9.17, 15) is 43.2 Å². The molecule has 0 unspecified atom stereocenters. The molecule has 0 aliphatic heterocycles. The highest BCUT2D eigenvalue weighted by Gasteiger charge is 2.49. The minimum atomic E-state index is -5.84. The molecule has 0 N–H and O–H groups in total. The predicted octanol–water partition coefficient (Wildman–Crippen LogP) is 7.27. The average molecular weight is 619 g/mol. The Labute approximate surface area is 229 Å². The summed E-state index contributed by atoms with van der Waals surface area (Å²) in [5.41, 5.74) is -9.48. The summed E-state index contributed by atoms with van der Waals surface area (Å²) in [6.45, 7) is 0. The van der Waals surface area contributed by atoms with E-state index in [-0.39, 0.29) is 0 Å². The third kappa shape index (κ3) is 7.10. The molecule has 41 heavy (non-hydrogen) atoms. The minimum absolute atomic E-state index is 0.317. The number of rotatable bonds is 8. The normalized spacial score (nSPS) is 12.5. The van der Waals surface area contributed by atoms with Gasteiger partial charge in [-0.1, -0.05) is 48.5 Å². The van der Waals surface area contributed by atoms with E-state index >= 15 is 0 Å². The zero-order chi connectivity index (χ0) is 30.1. The van der Waals surface area contributed by atoms with E-state index in [4.69, 9.17) is 4.74 Å². The molecule has 15 heteroatoms. The molecule has 0 saturated heterocycles.